The molecule has 0 saturated heterocycles. The molecule has 2 amide bonds. The lowest BCUT2D eigenvalue weighted by Crippen LogP contribution is -2.17. The van der Waals surface area contributed by atoms with E-state index in [1.165, 1.54) is 5.56 Å². The number of esters is 1. The number of benzene rings is 3. The molecule has 0 heterocycles. The molecule has 8 heteroatoms. The first-order valence-corrected chi connectivity index (χ1v) is 11.8. The molecular formula is C28H30N2O6. The fraction of sp³-hybridized carbons (Fsp3) is 0.250. The van der Waals surface area contributed by atoms with E-state index in [2.05, 4.69) is 22.8 Å². The molecule has 0 spiro atoms. The highest BCUT2D eigenvalue weighted by atomic mass is 16.6. The van der Waals surface area contributed by atoms with Gasteiger partial charge in [-0.3, -0.25) is 9.59 Å². The van der Waals surface area contributed by atoms with Gasteiger partial charge in [-0.15, -0.1) is 0 Å². The number of carbonyl (C=O) groups excluding carboxylic acids is 3. The number of carbonyl (C=O) groups is 3. The summed E-state index contributed by atoms with van der Waals surface area (Å²) in [6.45, 7) is 2.22. The molecule has 36 heavy (non-hydrogen) atoms. The van der Waals surface area contributed by atoms with Crippen LogP contribution in [0.5, 0.6) is 11.5 Å². The molecule has 3 rings (SSSR count). The summed E-state index contributed by atoms with van der Waals surface area (Å²) in [6.07, 6.45) is 3.50. The van der Waals surface area contributed by atoms with Gasteiger partial charge < -0.3 is 24.8 Å². The molecule has 0 unspecified atom stereocenters. The Bertz CT molecular complexity index is 1130. The van der Waals surface area contributed by atoms with Crippen LogP contribution in [0.2, 0.25) is 0 Å². The Morgan fingerprint density at radius 1 is 0.917 bits per heavy atom. The Labute approximate surface area is 210 Å². The summed E-state index contributed by atoms with van der Waals surface area (Å²) >= 11 is 0. The van der Waals surface area contributed by atoms with E-state index < -0.39 is 5.97 Å². The Hall–Kier alpha value is -4.33. The van der Waals surface area contributed by atoms with Crippen LogP contribution in [-0.4, -0.2) is 38.1 Å². The highest BCUT2D eigenvalue weighted by molar-refractivity contribution is 6.05. The van der Waals surface area contributed by atoms with E-state index in [4.69, 9.17) is 14.2 Å². The zero-order chi connectivity index (χ0) is 25.6. The number of unbranched alkanes of at least 4 members (excludes halogenated alkanes) is 1. The minimum absolute atomic E-state index is 0.237. The molecule has 188 valence electrons. The number of hydrogen-bond donors (Lipinski definition) is 2. The Kier molecular flexibility index (Phi) is 10.3. The average Bonchev–Trinajstić information content (AvgIpc) is 2.89. The SMILES string of the molecule is CCOC(=O)COc1ccc(NC=O)cc1NC(=O)c1ccc(OCCCCc2ccccc2)cc1. The third-order valence-electron chi connectivity index (χ3n) is 5.19. The van der Waals surface area contributed by atoms with Gasteiger partial charge in [-0.25, -0.2) is 4.79 Å². The number of ether oxygens (including phenoxy) is 3. The first-order valence-electron chi connectivity index (χ1n) is 11.8. The number of hydrogen-bond acceptors (Lipinski definition) is 6. The van der Waals surface area contributed by atoms with Gasteiger partial charge in [0, 0.05) is 11.3 Å². The van der Waals surface area contributed by atoms with Crippen LogP contribution in [0.1, 0.15) is 35.7 Å². The van der Waals surface area contributed by atoms with E-state index in [1.807, 2.05) is 18.2 Å². The number of anilines is 2. The minimum Gasteiger partial charge on any atom is -0.494 e. The summed E-state index contributed by atoms with van der Waals surface area (Å²) in [5.74, 6) is 0.0411. The lowest BCUT2D eigenvalue weighted by molar-refractivity contribution is -0.145. The van der Waals surface area contributed by atoms with Crippen LogP contribution >= 0.6 is 0 Å². The molecule has 2 N–H and O–H groups in total. The van der Waals surface area contributed by atoms with Crippen molar-refractivity contribution in [2.75, 3.05) is 30.5 Å². The Morgan fingerprint density at radius 3 is 2.42 bits per heavy atom. The van der Waals surface area contributed by atoms with Crippen molar-refractivity contribution in [3.05, 3.63) is 83.9 Å². The standard InChI is InChI=1S/C28H30N2O6/c1-2-34-27(32)19-36-26-16-13-23(29-20-31)18-25(26)30-28(33)22-11-14-24(15-12-22)35-17-7-6-10-21-8-4-3-5-9-21/h3-5,8-9,11-16,18,20H,2,6-7,10,17,19H2,1H3,(H,29,31)(H,30,33). The first kappa shape index (κ1) is 26.3. The van der Waals surface area contributed by atoms with E-state index in [0.29, 0.717) is 35.7 Å². The van der Waals surface area contributed by atoms with Crippen LogP contribution in [0.3, 0.4) is 0 Å². The topological polar surface area (TPSA) is 103 Å². The average molecular weight is 491 g/mol. The first-order chi connectivity index (χ1) is 17.6. The molecule has 0 aliphatic heterocycles. The smallest absolute Gasteiger partial charge is 0.344 e. The predicted octanol–water partition coefficient (Wildman–Crippen LogP) is 4.85. The predicted molar refractivity (Wildman–Crippen MR) is 138 cm³/mol. The van der Waals surface area contributed by atoms with E-state index in [-0.39, 0.29) is 24.9 Å². The highest BCUT2D eigenvalue weighted by Gasteiger charge is 2.13. The van der Waals surface area contributed by atoms with Gasteiger partial charge in [0.15, 0.2) is 6.61 Å². The maximum Gasteiger partial charge on any atom is 0.344 e. The van der Waals surface area contributed by atoms with Gasteiger partial charge in [0.1, 0.15) is 11.5 Å². The Balaban J connectivity index is 1.54. The second-order valence-corrected chi connectivity index (χ2v) is 7.84. The maximum absolute atomic E-state index is 12.8. The molecule has 0 aromatic heterocycles. The summed E-state index contributed by atoms with van der Waals surface area (Å²) in [5.41, 5.74) is 2.49. The number of amides is 2. The zero-order valence-electron chi connectivity index (χ0n) is 20.2. The van der Waals surface area contributed by atoms with Gasteiger partial charge in [-0.05, 0) is 74.2 Å². The van der Waals surface area contributed by atoms with Gasteiger partial charge in [-0.2, -0.15) is 0 Å². The van der Waals surface area contributed by atoms with Crippen LogP contribution in [-0.2, 0) is 20.7 Å². The monoisotopic (exact) mass is 490 g/mol. The Morgan fingerprint density at radius 2 is 1.69 bits per heavy atom. The third-order valence-corrected chi connectivity index (χ3v) is 5.19. The molecule has 0 bridgehead atoms. The van der Waals surface area contributed by atoms with E-state index in [1.54, 1.807) is 49.4 Å². The van der Waals surface area contributed by atoms with Crippen molar-refractivity contribution in [1.29, 1.82) is 0 Å². The van der Waals surface area contributed by atoms with Crippen molar-refractivity contribution in [2.45, 2.75) is 26.2 Å². The van der Waals surface area contributed by atoms with Crippen LogP contribution in [0.15, 0.2) is 72.8 Å². The summed E-state index contributed by atoms with van der Waals surface area (Å²) < 4.78 is 16.2. The second kappa shape index (κ2) is 14.2. The van der Waals surface area contributed by atoms with Crippen molar-refractivity contribution in [3.63, 3.8) is 0 Å². The minimum atomic E-state index is -0.527. The lowest BCUT2D eigenvalue weighted by atomic mass is 10.1. The summed E-state index contributed by atoms with van der Waals surface area (Å²) in [6, 6.07) is 21.8. The van der Waals surface area contributed by atoms with Crippen molar-refractivity contribution >= 4 is 29.7 Å². The summed E-state index contributed by atoms with van der Waals surface area (Å²) in [7, 11) is 0. The molecule has 3 aromatic rings. The molecule has 0 fully saturated rings. The highest BCUT2D eigenvalue weighted by Crippen LogP contribution is 2.29. The molecule has 0 aliphatic rings. The van der Waals surface area contributed by atoms with Gasteiger partial charge in [0.2, 0.25) is 6.41 Å². The van der Waals surface area contributed by atoms with Crippen molar-refractivity contribution in [2.24, 2.45) is 0 Å². The molecule has 0 atom stereocenters. The fourth-order valence-electron chi connectivity index (χ4n) is 3.41. The zero-order valence-corrected chi connectivity index (χ0v) is 20.2. The summed E-state index contributed by atoms with van der Waals surface area (Å²) in [4.78, 5) is 35.3. The van der Waals surface area contributed by atoms with Crippen molar-refractivity contribution in [1.82, 2.24) is 0 Å². The molecule has 0 radical (unpaired) electrons. The van der Waals surface area contributed by atoms with Crippen molar-refractivity contribution < 1.29 is 28.6 Å². The number of aryl methyl sites for hydroxylation is 1. The maximum atomic E-state index is 12.8. The molecular weight excluding hydrogens is 460 g/mol. The third kappa shape index (κ3) is 8.47. The van der Waals surface area contributed by atoms with Gasteiger partial charge >= 0.3 is 5.97 Å². The molecule has 0 saturated carbocycles. The largest absolute Gasteiger partial charge is 0.494 e. The van der Waals surface area contributed by atoms with Crippen LogP contribution < -0.4 is 20.1 Å². The molecule has 3 aromatic carbocycles. The van der Waals surface area contributed by atoms with E-state index in [0.717, 1.165) is 19.3 Å². The van der Waals surface area contributed by atoms with Gasteiger partial charge in [0.25, 0.3) is 5.91 Å². The second-order valence-electron chi connectivity index (χ2n) is 7.84. The lowest BCUT2D eigenvalue weighted by Gasteiger charge is -2.14. The van der Waals surface area contributed by atoms with Crippen LogP contribution in [0.4, 0.5) is 11.4 Å². The van der Waals surface area contributed by atoms with Crippen LogP contribution in [0.25, 0.3) is 0 Å². The summed E-state index contributed by atoms with van der Waals surface area (Å²) in [5, 5.41) is 5.29. The van der Waals surface area contributed by atoms with Gasteiger partial charge in [-0.1, -0.05) is 30.3 Å². The normalized spacial score (nSPS) is 10.2. The van der Waals surface area contributed by atoms with Crippen molar-refractivity contribution in [3.8, 4) is 11.5 Å². The van der Waals surface area contributed by atoms with E-state index >= 15 is 0 Å². The van der Waals surface area contributed by atoms with Crippen LogP contribution in [0, 0.1) is 0 Å². The number of nitrogens with one attached hydrogen (secondary N) is 2. The fourth-order valence-corrected chi connectivity index (χ4v) is 3.41. The van der Waals surface area contributed by atoms with Gasteiger partial charge in [0.05, 0.1) is 18.9 Å². The quantitative estimate of drug-likeness (QED) is 0.190. The van der Waals surface area contributed by atoms with E-state index in [9.17, 15) is 14.4 Å². The molecule has 8 nitrogen and oxygen atoms in total. The molecule has 0 aliphatic carbocycles. The number of rotatable bonds is 14.